The van der Waals surface area contributed by atoms with E-state index in [0.717, 1.165) is 0 Å². The standard InChI is InChI=1S/C19H20N4O4/c1-5-23-19(26)14-9-7-6-8-13(14)16(22-23)18(25)21-20-17(24)15-10(2)11(3)27-12(15)4/h6-9H,5H2,1-4H3,(H,20,24)(H,21,25). The van der Waals surface area contributed by atoms with Gasteiger partial charge in [-0.3, -0.25) is 25.2 Å². The number of amides is 2. The molecule has 0 aliphatic rings. The van der Waals surface area contributed by atoms with Gasteiger partial charge in [-0.2, -0.15) is 5.10 Å². The van der Waals surface area contributed by atoms with Gasteiger partial charge in [-0.1, -0.05) is 18.2 Å². The molecule has 2 amide bonds. The molecule has 0 aliphatic carbocycles. The lowest BCUT2D eigenvalue weighted by Crippen LogP contribution is -2.43. The van der Waals surface area contributed by atoms with Crippen molar-refractivity contribution in [3.05, 3.63) is 63.0 Å². The molecule has 0 bridgehead atoms. The Morgan fingerprint density at radius 1 is 1.04 bits per heavy atom. The second-order valence-corrected chi connectivity index (χ2v) is 6.14. The molecule has 0 atom stereocenters. The van der Waals surface area contributed by atoms with Crippen LogP contribution in [0.2, 0.25) is 0 Å². The molecule has 8 nitrogen and oxygen atoms in total. The summed E-state index contributed by atoms with van der Waals surface area (Å²) in [6, 6.07) is 6.73. The SMILES string of the molecule is CCn1nc(C(=O)NNC(=O)c2c(C)oc(C)c2C)c2ccccc2c1=O. The average molecular weight is 368 g/mol. The van der Waals surface area contributed by atoms with Crippen LogP contribution in [0.1, 0.15) is 44.9 Å². The molecule has 0 radical (unpaired) electrons. The zero-order valence-electron chi connectivity index (χ0n) is 15.5. The molecule has 8 heteroatoms. The highest BCUT2D eigenvalue weighted by molar-refractivity contribution is 6.06. The molecule has 0 aliphatic heterocycles. The highest BCUT2D eigenvalue weighted by atomic mass is 16.3. The average Bonchev–Trinajstić information content (AvgIpc) is 2.92. The first kappa shape index (κ1) is 18.4. The van der Waals surface area contributed by atoms with Crippen LogP contribution in [0.3, 0.4) is 0 Å². The zero-order chi connectivity index (χ0) is 19.7. The maximum Gasteiger partial charge on any atom is 0.290 e. The predicted octanol–water partition coefficient (Wildman–Crippen LogP) is 2.01. The molecule has 3 aromatic rings. The molecule has 3 rings (SSSR count). The second-order valence-electron chi connectivity index (χ2n) is 6.14. The summed E-state index contributed by atoms with van der Waals surface area (Å²) >= 11 is 0. The molecule has 0 saturated heterocycles. The molecule has 0 fully saturated rings. The number of fused-ring (bicyclic) bond motifs is 1. The summed E-state index contributed by atoms with van der Waals surface area (Å²) in [5.41, 5.74) is 5.63. The van der Waals surface area contributed by atoms with E-state index in [1.807, 2.05) is 0 Å². The minimum atomic E-state index is -0.614. The second kappa shape index (κ2) is 7.06. The quantitative estimate of drug-likeness (QED) is 0.688. The summed E-state index contributed by atoms with van der Waals surface area (Å²) in [7, 11) is 0. The number of nitrogens with one attached hydrogen (secondary N) is 2. The van der Waals surface area contributed by atoms with Gasteiger partial charge in [0.25, 0.3) is 17.4 Å². The van der Waals surface area contributed by atoms with E-state index in [4.69, 9.17) is 4.42 Å². The number of aromatic nitrogens is 2. The smallest absolute Gasteiger partial charge is 0.290 e. The van der Waals surface area contributed by atoms with Crippen LogP contribution in [-0.2, 0) is 6.54 Å². The summed E-state index contributed by atoms with van der Waals surface area (Å²) in [4.78, 5) is 37.4. The van der Waals surface area contributed by atoms with Crippen molar-refractivity contribution in [2.24, 2.45) is 0 Å². The van der Waals surface area contributed by atoms with Crippen LogP contribution in [0.5, 0.6) is 0 Å². The Balaban J connectivity index is 1.90. The monoisotopic (exact) mass is 368 g/mol. The highest BCUT2D eigenvalue weighted by Gasteiger charge is 2.21. The van der Waals surface area contributed by atoms with Crippen molar-refractivity contribution in [3.8, 4) is 0 Å². The van der Waals surface area contributed by atoms with E-state index >= 15 is 0 Å². The minimum absolute atomic E-state index is 0.0594. The molecular weight excluding hydrogens is 348 g/mol. The van der Waals surface area contributed by atoms with E-state index in [0.29, 0.717) is 40.0 Å². The fraction of sp³-hybridized carbons (Fsp3) is 0.263. The first-order valence-corrected chi connectivity index (χ1v) is 8.52. The van der Waals surface area contributed by atoms with E-state index in [1.54, 1.807) is 52.0 Å². The third-order valence-electron chi connectivity index (χ3n) is 4.46. The van der Waals surface area contributed by atoms with Crippen molar-refractivity contribution < 1.29 is 14.0 Å². The van der Waals surface area contributed by atoms with Gasteiger partial charge in [0.1, 0.15) is 11.5 Å². The first-order valence-electron chi connectivity index (χ1n) is 8.52. The third-order valence-corrected chi connectivity index (χ3v) is 4.46. The summed E-state index contributed by atoms with van der Waals surface area (Å²) in [5, 5.41) is 4.94. The van der Waals surface area contributed by atoms with Gasteiger partial charge in [0, 0.05) is 17.5 Å². The summed E-state index contributed by atoms with van der Waals surface area (Å²) < 4.78 is 6.65. The summed E-state index contributed by atoms with van der Waals surface area (Å²) in [5.74, 6) is 0.0205. The lowest BCUT2D eigenvalue weighted by atomic mass is 10.1. The molecule has 2 aromatic heterocycles. The van der Waals surface area contributed by atoms with Gasteiger partial charge in [-0.25, -0.2) is 4.68 Å². The fourth-order valence-electron chi connectivity index (χ4n) is 2.98. The lowest BCUT2D eigenvalue weighted by molar-refractivity contribution is 0.0842. The zero-order valence-corrected chi connectivity index (χ0v) is 15.5. The van der Waals surface area contributed by atoms with E-state index in [1.165, 1.54) is 4.68 Å². The lowest BCUT2D eigenvalue weighted by Gasteiger charge is -2.11. The van der Waals surface area contributed by atoms with Gasteiger partial charge in [0.05, 0.1) is 10.9 Å². The van der Waals surface area contributed by atoms with Crippen molar-refractivity contribution in [2.45, 2.75) is 34.2 Å². The number of furan rings is 1. The van der Waals surface area contributed by atoms with Crippen LogP contribution in [0.15, 0.2) is 33.5 Å². The molecule has 1 aromatic carbocycles. The van der Waals surface area contributed by atoms with E-state index < -0.39 is 11.8 Å². The van der Waals surface area contributed by atoms with Gasteiger partial charge in [0.2, 0.25) is 0 Å². The maximum absolute atomic E-state index is 12.6. The topological polar surface area (TPSA) is 106 Å². The number of benzene rings is 1. The van der Waals surface area contributed by atoms with Crippen molar-refractivity contribution in [1.82, 2.24) is 20.6 Å². The molecule has 0 saturated carbocycles. The number of hydrogen-bond donors (Lipinski definition) is 2. The molecule has 2 N–H and O–H groups in total. The van der Waals surface area contributed by atoms with Crippen LogP contribution in [0.25, 0.3) is 10.8 Å². The minimum Gasteiger partial charge on any atom is -0.466 e. The summed E-state index contributed by atoms with van der Waals surface area (Å²) in [6.45, 7) is 7.31. The number of hydrazine groups is 1. The number of rotatable bonds is 3. The highest BCUT2D eigenvalue weighted by Crippen LogP contribution is 2.20. The normalized spacial score (nSPS) is 10.8. The predicted molar refractivity (Wildman–Crippen MR) is 99.5 cm³/mol. The Bertz CT molecular complexity index is 1110. The number of aryl methyl sites for hydroxylation is 3. The van der Waals surface area contributed by atoms with E-state index in [-0.39, 0.29) is 11.3 Å². The van der Waals surface area contributed by atoms with Crippen LogP contribution in [-0.4, -0.2) is 21.6 Å². The third kappa shape index (κ3) is 3.21. The number of carbonyl (C=O) groups is 2. The molecule has 27 heavy (non-hydrogen) atoms. The molecule has 140 valence electrons. The van der Waals surface area contributed by atoms with E-state index in [9.17, 15) is 14.4 Å². The Morgan fingerprint density at radius 3 is 2.26 bits per heavy atom. The van der Waals surface area contributed by atoms with Crippen molar-refractivity contribution in [2.75, 3.05) is 0 Å². The Labute approximate surface area is 155 Å². The van der Waals surface area contributed by atoms with Crippen LogP contribution >= 0.6 is 0 Å². The van der Waals surface area contributed by atoms with Gasteiger partial charge >= 0.3 is 0 Å². The Morgan fingerprint density at radius 2 is 1.67 bits per heavy atom. The fourth-order valence-corrected chi connectivity index (χ4v) is 2.98. The number of hydrogen-bond acceptors (Lipinski definition) is 5. The molecule has 0 unspecified atom stereocenters. The van der Waals surface area contributed by atoms with Crippen molar-refractivity contribution in [3.63, 3.8) is 0 Å². The first-order chi connectivity index (χ1) is 12.8. The summed E-state index contributed by atoms with van der Waals surface area (Å²) in [6.07, 6.45) is 0. The van der Waals surface area contributed by atoms with E-state index in [2.05, 4.69) is 16.0 Å². The number of nitrogens with zero attached hydrogens (tertiary/aromatic N) is 2. The van der Waals surface area contributed by atoms with Crippen LogP contribution in [0.4, 0.5) is 0 Å². The number of carbonyl (C=O) groups excluding carboxylic acids is 2. The molecule has 0 spiro atoms. The van der Waals surface area contributed by atoms with Crippen LogP contribution < -0.4 is 16.4 Å². The van der Waals surface area contributed by atoms with Crippen LogP contribution in [0, 0.1) is 20.8 Å². The maximum atomic E-state index is 12.6. The Kier molecular flexibility index (Phi) is 4.81. The largest absolute Gasteiger partial charge is 0.466 e. The van der Waals surface area contributed by atoms with Crippen molar-refractivity contribution >= 4 is 22.6 Å². The van der Waals surface area contributed by atoms with Gasteiger partial charge in [-0.15, -0.1) is 0 Å². The van der Waals surface area contributed by atoms with Gasteiger partial charge < -0.3 is 4.42 Å². The molecule has 2 heterocycles. The van der Waals surface area contributed by atoms with Crippen molar-refractivity contribution in [1.29, 1.82) is 0 Å². The van der Waals surface area contributed by atoms with Gasteiger partial charge in [-0.05, 0) is 33.8 Å². The van der Waals surface area contributed by atoms with Gasteiger partial charge in [0.15, 0.2) is 5.69 Å². The Hall–Kier alpha value is -3.42. The molecular formula is C19H20N4O4.